The minimum absolute atomic E-state index is 0.0858. The number of hydrogen-bond donors (Lipinski definition) is 0. The largest absolute Gasteiger partial charge is 0.484 e. The molecule has 0 bridgehead atoms. The number of ketones is 1. The fourth-order valence-electron chi connectivity index (χ4n) is 2.40. The molecule has 3 rings (SSSR count). The van der Waals surface area contributed by atoms with Crippen molar-refractivity contribution >= 4 is 17.5 Å². The van der Waals surface area contributed by atoms with E-state index in [-0.39, 0.29) is 34.6 Å². The van der Waals surface area contributed by atoms with E-state index in [9.17, 15) is 9.18 Å². The number of benzene rings is 2. The van der Waals surface area contributed by atoms with E-state index in [1.165, 1.54) is 29.8 Å². The third-order valence-electron chi connectivity index (χ3n) is 4.02. The molecule has 2 aromatic carbocycles. The number of rotatable bonds is 7. The number of ether oxygens (including phenoxy) is 1. The Morgan fingerprint density at radius 3 is 2.39 bits per heavy atom. The minimum Gasteiger partial charge on any atom is -0.484 e. The second-order valence-electron chi connectivity index (χ2n) is 7.24. The maximum atomic E-state index is 12.9. The lowest BCUT2D eigenvalue weighted by Crippen LogP contribution is -2.10. The highest BCUT2D eigenvalue weighted by atomic mass is 32.2. The molecule has 0 fully saturated rings. The number of Topliss-reactive ketones (excluding diaryl/α,β-unsaturated/α-hetero) is 1. The lowest BCUT2D eigenvalue weighted by molar-refractivity contribution is 0.102. The molecule has 0 amide bonds. The second-order valence-corrected chi connectivity index (χ2v) is 8.17. The van der Waals surface area contributed by atoms with Gasteiger partial charge in [-0.2, -0.15) is 0 Å². The highest BCUT2D eigenvalue weighted by molar-refractivity contribution is 7.99. The van der Waals surface area contributed by atoms with E-state index in [0.717, 1.165) is 11.8 Å². The molecule has 1 heterocycles. The van der Waals surface area contributed by atoms with Gasteiger partial charge in [-0.3, -0.25) is 4.79 Å². The molecule has 0 aliphatic carbocycles. The first kappa shape index (κ1) is 20.1. The normalized spacial score (nSPS) is 11.4. The zero-order valence-electron chi connectivity index (χ0n) is 15.9. The van der Waals surface area contributed by atoms with Gasteiger partial charge in [-0.05, 0) is 47.4 Å². The van der Waals surface area contributed by atoms with Gasteiger partial charge in [0.15, 0.2) is 12.4 Å². The summed E-state index contributed by atoms with van der Waals surface area (Å²) in [7, 11) is 0. The molecule has 0 aliphatic heterocycles. The van der Waals surface area contributed by atoms with E-state index >= 15 is 0 Å². The molecule has 0 spiro atoms. The van der Waals surface area contributed by atoms with Crippen molar-refractivity contribution < 1.29 is 18.3 Å². The first-order valence-corrected chi connectivity index (χ1v) is 9.77. The average Bonchev–Trinajstić information content (AvgIpc) is 3.12. The van der Waals surface area contributed by atoms with Crippen molar-refractivity contribution in [3.8, 4) is 5.75 Å². The molecule has 7 heteroatoms. The van der Waals surface area contributed by atoms with Gasteiger partial charge in [-0.15, -0.1) is 10.2 Å². The third-order valence-corrected chi connectivity index (χ3v) is 4.84. The average molecular weight is 400 g/mol. The van der Waals surface area contributed by atoms with E-state index < -0.39 is 0 Å². The first-order valence-electron chi connectivity index (χ1n) is 8.78. The molecule has 0 unspecified atom stereocenters. The molecule has 0 radical (unpaired) electrons. The Kier molecular flexibility index (Phi) is 6.14. The number of aromatic nitrogens is 2. The molecule has 0 aliphatic rings. The first-order chi connectivity index (χ1) is 13.3. The summed E-state index contributed by atoms with van der Waals surface area (Å²) in [5, 5.41) is 8.12. The molecule has 5 nitrogen and oxygen atoms in total. The van der Waals surface area contributed by atoms with Crippen LogP contribution in [-0.4, -0.2) is 21.7 Å². The van der Waals surface area contributed by atoms with E-state index in [0.29, 0.717) is 17.2 Å². The molecular weight excluding hydrogens is 379 g/mol. The molecule has 146 valence electrons. The maximum Gasteiger partial charge on any atom is 0.277 e. The van der Waals surface area contributed by atoms with Crippen molar-refractivity contribution in [3.05, 3.63) is 71.4 Å². The Morgan fingerprint density at radius 1 is 1.07 bits per heavy atom. The summed E-state index contributed by atoms with van der Waals surface area (Å²) in [6.07, 6.45) is 0. The van der Waals surface area contributed by atoms with Gasteiger partial charge in [0, 0.05) is 5.56 Å². The number of hydrogen-bond acceptors (Lipinski definition) is 6. The quantitative estimate of drug-likeness (QED) is 0.408. The van der Waals surface area contributed by atoms with E-state index in [4.69, 9.17) is 9.15 Å². The van der Waals surface area contributed by atoms with Gasteiger partial charge in [-0.1, -0.05) is 44.7 Å². The predicted molar refractivity (Wildman–Crippen MR) is 105 cm³/mol. The topological polar surface area (TPSA) is 65.2 Å². The Bertz CT molecular complexity index is 932. The van der Waals surface area contributed by atoms with Crippen molar-refractivity contribution in [1.29, 1.82) is 0 Å². The van der Waals surface area contributed by atoms with Gasteiger partial charge < -0.3 is 9.15 Å². The fourth-order valence-corrected chi connectivity index (χ4v) is 3.07. The molecule has 0 atom stereocenters. The third kappa shape index (κ3) is 5.42. The van der Waals surface area contributed by atoms with Gasteiger partial charge in [0.25, 0.3) is 11.1 Å². The maximum absolute atomic E-state index is 12.9. The van der Waals surface area contributed by atoms with Crippen LogP contribution in [0.3, 0.4) is 0 Å². The summed E-state index contributed by atoms with van der Waals surface area (Å²) in [6, 6.07) is 13.3. The van der Waals surface area contributed by atoms with Crippen LogP contribution >= 0.6 is 11.8 Å². The van der Waals surface area contributed by atoms with Gasteiger partial charge in [0.1, 0.15) is 11.6 Å². The molecule has 0 saturated carbocycles. The fraction of sp³-hybridized carbons (Fsp3) is 0.286. The number of carbonyl (C=O) groups is 1. The van der Waals surface area contributed by atoms with Gasteiger partial charge >= 0.3 is 0 Å². The zero-order chi connectivity index (χ0) is 20.1. The lowest BCUT2D eigenvalue weighted by Gasteiger charge is -2.19. The number of thioether (sulfide) groups is 1. The summed E-state index contributed by atoms with van der Waals surface area (Å²) in [5.41, 5.74) is 1.75. The molecule has 0 N–H and O–H groups in total. The Hall–Kier alpha value is -2.67. The van der Waals surface area contributed by atoms with Gasteiger partial charge in [-0.25, -0.2) is 4.39 Å². The molecule has 1 aromatic heterocycles. The van der Waals surface area contributed by atoms with Crippen molar-refractivity contribution in [3.63, 3.8) is 0 Å². The standard InChI is InChI=1S/C21H21FN2O3S/c1-21(2,3)15-6-10-17(11-7-15)26-12-19-23-24-20(27-19)28-13-18(25)14-4-8-16(22)9-5-14/h4-11H,12-13H2,1-3H3. The van der Waals surface area contributed by atoms with Crippen LogP contribution in [0.5, 0.6) is 5.75 Å². The summed E-state index contributed by atoms with van der Waals surface area (Å²) in [4.78, 5) is 12.1. The van der Waals surface area contributed by atoms with Crippen LogP contribution in [0.2, 0.25) is 0 Å². The van der Waals surface area contributed by atoms with Crippen molar-refractivity contribution in [2.24, 2.45) is 0 Å². The Labute approximate surface area is 167 Å². The van der Waals surface area contributed by atoms with Crippen LogP contribution in [-0.2, 0) is 12.0 Å². The van der Waals surface area contributed by atoms with Crippen LogP contribution in [0, 0.1) is 5.82 Å². The van der Waals surface area contributed by atoms with Crippen LogP contribution < -0.4 is 4.74 Å². The van der Waals surface area contributed by atoms with Crippen molar-refractivity contribution in [2.75, 3.05) is 5.75 Å². The SMILES string of the molecule is CC(C)(C)c1ccc(OCc2nnc(SCC(=O)c3ccc(F)cc3)o2)cc1. The molecule has 0 saturated heterocycles. The van der Waals surface area contributed by atoms with Crippen LogP contribution in [0.1, 0.15) is 42.6 Å². The second kappa shape index (κ2) is 8.56. The number of nitrogens with zero attached hydrogens (tertiary/aromatic N) is 2. The molecule has 28 heavy (non-hydrogen) atoms. The molecule has 3 aromatic rings. The van der Waals surface area contributed by atoms with Crippen LogP contribution in [0.25, 0.3) is 0 Å². The summed E-state index contributed by atoms with van der Waals surface area (Å²) < 4.78 is 24.1. The van der Waals surface area contributed by atoms with Crippen LogP contribution in [0.4, 0.5) is 4.39 Å². The lowest BCUT2D eigenvalue weighted by atomic mass is 9.87. The van der Waals surface area contributed by atoms with Gasteiger partial charge in [0.05, 0.1) is 5.75 Å². The summed E-state index contributed by atoms with van der Waals surface area (Å²) in [6.45, 7) is 6.61. The Morgan fingerprint density at radius 2 is 1.75 bits per heavy atom. The highest BCUT2D eigenvalue weighted by Crippen LogP contribution is 2.25. The number of carbonyl (C=O) groups excluding carboxylic acids is 1. The zero-order valence-corrected chi connectivity index (χ0v) is 16.8. The molecular formula is C21H21FN2O3S. The Balaban J connectivity index is 1.50. The van der Waals surface area contributed by atoms with E-state index in [1.807, 2.05) is 24.3 Å². The summed E-state index contributed by atoms with van der Waals surface area (Å²) >= 11 is 1.14. The van der Waals surface area contributed by atoms with Crippen molar-refractivity contribution in [2.45, 2.75) is 38.0 Å². The van der Waals surface area contributed by atoms with E-state index in [2.05, 4.69) is 31.0 Å². The van der Waals surface area contributed by atoms with Crippen LogP contribution in [0.15, 0.2) is 58.2 Å². The van der Waals surface area contributed by atoms with E-state index in [1.54, 1.807) is 0 Å². The summed E-state index contributed by atoms with van der Waals surface area (Å²) in [5.74, 6) is 0.657. The smallest absolute Gasteiger partial charge is 0.277 e. The highest BCUT2D eigenvalue weighted by Gasteiger charge is 2.14. The monoisotopic (exact) mass is 400 g/mol. The van der Waals surface area contributed by atoms with Gasteiger partial charge in [0.2, 0.25) is 0 Å². The minimum atomic E-state index is -0.376. The predicted octanol–water partition coefficient (Wildman–Crippen LogP) is 5.06. The number of halogens is 1. The van der Waals surface area contributed by atoms with Crippen molar-refractivity contribution in [1.82, 2.24) is 10.2 Å².